The van der Waals surface area contributed by atoms with Crippen LogP contribution in [0.5, 0.6) is 5.88 Å². The third-order valence-electron chi connectivity index (χ3n) is 5.16. The first-order chi connectivity index (χ1) is 14.4. The molecular formula is C21H24ClN3O5. The Morgan fingerprint density at radius 1 is 1.27 bits per heavy atom. The van der Waals surface area contributed by atoms with Crippen LogP contribution in [0.2, 0.25) is 5.02 Å². The van der Waals surface area contributed by atoms with E-state index in [2.05, 4.69) is 4.98 Å². The molecule has 0 unspecified atom stereocenters. The maximum absolute atomic E-state index is 12.1. The monoisotopic (exact) mass is 433 g/mol. The largest absolute Gasteiger partial charge is 0.473 e. The molecule has 0 aliphatic carbocycles. The molecule has 1 aliphatic rings. The molecule has 1 aromatic carbocycles. The summed E-state index contributed by atoms with van der Waals surface area (Å²) in [6.07, 6.45) is 0.594. The minimum Gasteiger partial charge on any atom is -0.473 e. The van der Waals surface area contributed by atoms with Crippen LogP contribution in [0.1, 0.15) is 40.4 Å². The number of ether oxygens (including phenoxy) is 1. The van der Waals surface area contributed by atoms with Gasteiger partial charge in [0, 0.05) is 54.0 Å². The van der Waals surface area contributed by atoms with Gasteiger partial charge in [-0.3, -0.25) is 9.63 Å². The van der Waals surface area contributed by atoms with Gasteiger partial charge in [0.15, 0.2) is 0 Å². The van der Waals surface area contributed by atoms with E-state index in [1.165, 1.54) is 19.1 Å². The summed E-state index contributed by atoms with van der Waals surface area (Å²) in [7, 11) is 2.94. The Kier molecular flexibility index (Phi) is 7.12. The lowest BCUT2D eigenvalue weighted by Crippen LogP contribution is -2.36. The van der Waals surface area contributed by atoms with Crippen molar-refractivity contribution < 1.29 is 24.3 Å². The zero-order valence-corrected chi connectivity index (χ0v) is 17.6. The summed E-state index contributed by atoms with van der Waals surface area (Å²) in [4.78, 5) is 34.1. The van der Waals surface area contributed by atoms with Crippen molar-refractivity contribution in [3.05, 3.63) is 58.2 Å². The van der Waals surface area contributed by atoms with Crippen LogP contribution in [0.4, 0.5) is 4.79 Å². The SMILES string of the molecule is CON(C)C(=O)c1ccc(COc2cccc(C3CCN(C(=O)O)CC3)n2)c(Cl)c1. The van der Waals surface area contributed by atoms with Gasteiger partial charge in [-0.05, 0) is 31.0 Å². The summed E-state index contributed by atoms with van der Waals surface area (Å²) >= 11 is 6.32. The number of pyridine rings is 1. The Hall–Kier alpha value is -2.84. The lowest BCUT2D eigenvalue weighted by atomic mass is 9.93. The summed E-state index contributed by atoms with van der Waals surface area (Å²) in [6, 6.07) is 10.6. The number of carbonyl (C=O) groups excluding carboxylic acids is 1. The zero-order valence-electron chi connectivity index (χ0n) is 16.9. The number of piperidine rings is 1. The number of amides is 2. The fourth-order valence-corrected chi connectivity index (χ4v) is 3.55. The molecule has 0 radical (unpaired) electrons. The molecule has 1 N–H and O–H groups in total. The van der Waals surface area contributed by atoms with Gasteiger partial charge < -0.3 is 14.7 Å². The predicted octanol–water partition coefficient (Wildman–Crippen LogP) is 3.80. The average molecular weight is 434 g/mol. The molecule has 3 rings (SSSR count). The van der Waals surface area contributed by atoms with E-state index in [9.17, 15) is 9.59 Å². The van der Waals surface area contributed by atoms with Crippen LogP contribution in [0.25, 0.3) is 0 Å². The Bertz CT molecular complexity index is 915. The number of hydrogen-bond donors (Lipinski definition) is 1. The summed E-state index contributed by atoms with van der Waals surface area (Å²) in [6.45, 7) is 1.22. The van der Waals surface area contributed by atoms with Crippen LogP contribution in [0, 0.1) is 0 Å². The summed E-state index contributed by atoms with van der Waals surface area (Å²) in [5.74, 6) is 0.384. The number of nitrogens with zero attached hydrogens (tertiary/aromatic N) is 3. The van der Waals surface area contributed by atoms with Crippen molar-refractivity contribution in [2.45, 2.75) is 25.4 Å². The van der Waals surface area contributed by atoms with Crippen LogP contribution in [0.3, 0.4) is 0 Å². The first-order valence-corrected chi connectivity index (χ1v) is 9.95. The molecule has 1 saturated heterocycles. The standard InChI is InChI=1S/C21H24ClN3O5/c1-24(29-2)20(26)15-6-7-16(17(22)12-15)13-30-19-5-3-4-18(23-19)14-8-10-25(11-9-14)21(27)28/h3-7,12,14H,8-11,13H2,1-2H3,(H,27,28). The molecule has 1 aromatic heterocycles. The molecule has 8 nitrogen and oxygen atoms in total. The van der Waals surface area contributed by atoms with Gasteiger partial charge in [-0.2, -0.15) is 0 Å². The molecule has 0 atom stereocenters. The van der Waals surface area contributed by atoms with Gasteiger partial charge in [-0.25, -0.2) is 14.8 Å². The van der Waals surface area contributed by atoms with Crippen molar-refractivity contribution >= 4 is 23.6 Å². The van der Waals surface area contributed by atoms with Crippen LogP contribution < -0.4 is 4.74 Å². The highest BCUT2D eigenvalue weighted by Gasteiger charge is 2.24. The van der Waals surface area contributed by atoms with E-state index in [0.29, 0.717) is 29.6 Å². The molecule has 2 amide bonds. The van der Waals surface area contributed by atoms with Gasteiger partial charge in [-0.15, -0.1) is 0 Å². The second kappa shape index (κ2) is 9.77. The number of halogens is 1. The molecule has 160 valence electrons. The number of rotatable bonds is 6. The lowest BCUT2D eigenvalue weighted by Gasteiger charge is -2.29. The third kappa shape index (κ3) is 5.20. The quantitative estimate of drug-likeness (QED) is 0.696. The van der Waals surface area contributed by atoms with E-state index in [4.69, 9.17) is 26.3 Å². The highest BCUT2D eigenvalue weighted by atomic mass is 35.5. The molecule has 30 heavy (non-hydrogen) atoms. The van der Waals surface area contributed by atoms with Crippen LogP contribution in [0.15, 0.2) is 36.4 Å². The van der Waals surface area contributed by atoms with Gasteiger partial charge in [0.1, 0.15) is 6.61 Å². The van der Waals surface area contributed by atoms with Gasteiger partial charge in [0.2, 0.25) is 5.88 Å². The van der Waals surface area contributed by atoms with Gasteiger partial charge in [-0.1, -0.05) is 23.7 Å². The highest BCUT2D eigenvalue weighted by Crippen LogP contribution is 2.28. The predicted molar refractivity (Wildman–Crippen MR) is 111 cm³/mol. The maximum atomic E-state index is 12.1. The Morgan fingerprint density at radius 2 is 2.00 bits per heavy atom. The van der Waals surface area contributed by atoms with E-state index < -0.39 is 6.09 Å². The molecule has 2 aromatic rings. The van der Waals surface area contributed by atoms with E-state index in [0.717, 1.165) is 29.2 Å². The number of likely N-dealkylation sites (tertiary alicyclic amines) is 1. The Labute approximate surface area is 179 Å². The first-order valence-electron chi connectivity index (χ1n) is 9.57. The lowest BCUT2D eigenvalue weighted by molar-refractivity contribution is -0.0757. The van der Waals surface area contributed by atoms with Crippen LogP contribution >= 0.6 is 11.6 Å². The molecular weight excluding hydrogens is 410 g/mol. The van der Waals surface area contributed by atoms with Gasteiger partial charge in [0.25, 0.3) is 5.91 Å². The van der Waals surface area contributed by atoms with E-state index in [1.54, 1.807) is 24.3 Å². The number of benzene rings is 1. The highest BCUT2D eigenvalue weighted by molar-refractivity contribution is 6.31. The van der Waals surface area contributed by atoms with Crippen molar-refractivity contribution in [3.63, 3.8) is 0 Å². The van der Waals surface area contributed by atoms with Crippen molar-refractivity contribution in [1.82, 2.24) is 14.9 Å². The maximum Gasteiger partial charge on any atom is 0.407 e. The van der Waals surface area contributed by atoms with E-state index in [-0.39, 0.29) is 18.4 Å². The third-order valence-corrected chi connectivity index (χ3v) is 5.52. The van der Waals surface area contributed by atoms with E-state index >= 15 is 0 Å². The number of hydroxylamine groups is 2. The van der Waals surface area contributed by atoms with Crippen molar-refractivity contribution in [2.75, 3.05) is 27.2 Å². The second-order valence-corrected chi connectivity index (χ2v) is 7.43. The topological polar surface area (TPSA) is 92.2 Å². The van der Waals surface area contributed by atoms with Crippen molar-refractivity contribution in [3.8, 4) is 5.88 Å². The van der Waals surface area contributed by atoms with Crippen molar-refractivity contribution in [2.24, 2.45) is 0 Å². The summed E-state index contributed by atoms with van der Waals surface area (Å²) in [5, 5.41) is 10.6. The summed E-state index contributed by atoms with van der Waals surface area (Å²) in [5.41, 5.74) is 2.04. The second-order valence-electron chi connectivity index (χ2n) is 7.02. The molecule has 2 heterocycles. The minimum absolute atomic E-state index is 0.204. The van der Waals surface area contributed by atoms with Crippen LogP contribution in [-0.2, 0) is 11.4 Å². The normalized spacial score (nSPS) is 14.4. The fraction of sp³-hybridized carbons (Fsp3) is 0.381. The van der Waals surface area contributed by atoms with Crippen LogP contribution in [-0.4, -0.2) is 59.3 Å². The summed E-state index contributed by atoms with van der Waals surface area (Å²) < 4.78 is 5.81. The molecule has 1 fully saturated rings. The number of carbonyl (C=O) groups is 2. The Morgan fingerprint density at radius 3 is 2.63 bits per heavy atom. The molecule has 0 saturated carbocycles. The van der Waals surface area contributed by atoms with Crippen molar-refractivity contribution in [1.29, 1.82) is 0 Å². The molecule has 9 heteroatoms. The van der Waals surface area contributed by atoms with Gasteiger partial charge >= 0.3 is 6.09 Å². The number of carboxylic acid groups (broad SMARTS) is 1. The fourth-order valence-electron chi connectivity index (χ4n) is 3.32. The molecule has 1 aliphatic heterocycles. The number of hydrogen-bond acceptors (Lipinski definition) is 5. The smallest absolute Gasteiger partial charge is 0.407 e. The first kappa shape index (κ1) is 21.9. The minimum atomic E-state index is -0.878. The van der Waals surface area contributed by atoms with Gasteiger partial charge in [0.05, 0.1) is 7.11 Å². The van der Waals surface area contributed by atoms with E-state index in [1.807, 2.05) is 12.1 Å². The molecule has 0 bridgehead atoms. The average Bonchev–Trinajstić information content (AvgIpc) is 2.77. The molecule has 0 spiro atoms. The zero-order chi connectivity index (χ0) is 21.7. The Balaban J connectivity index is 1.62. The number of aromatic nitrogens is 1.